The van der Waals surface area contributed by atoms with Crippen LogP contribution in [-0.4, -0.2) is 42.0 Å². The zero-order valence-corrected chi connectivity index (χ0v) is 17.5. The molecule has 1 aromatic heterocycles. The number of anilines is 1. The van der Waals surface area contributed by atoms with Gasteiger partial charge in [0.1, 0.15) is 0 Å². The van der Waals surface area contributed by atoms with Gasteiger partial charge in [-0.1, -0.05) is 48.9 Å². The molecule has 0 radical (unpaired) electrons. The molecule has 4 nitrogen and oxygen atoms in total. The second-order valence-corrected chi connectivity index (χ2v) is 7.85. The first-order chi connectivity index (χ1) is 13.0. The predicted octanol–water partition coefficient (Wildman–Crippen LogP) is 5.25. The largest absolute Gasteiger partial charge is 0.302 e. The number of carbonyl (C=O) groups is 1. The third-order valence-electron chi connectivity index (χ3n) is 4.71. The molecule has 0 bridgehead atoms. The number of halogens is 1. The number of hydrogen-bond donors (Lipinski definition) is 0. The standard InChI is InChI=1S/C21H24ClN3OS/c1-4-24(5-2)13-14-25(20(26)16-9-11-17(22)12-10-16)21-23-19-15(3)7-6-8-18(19)27-21/h6-12H,4-5,13-14H2,1-3H3. The Morgan fingerprint density at radius 2 is 1.78 bits per heavy atom. The van der Waals surface area contributed by atoms with Gasteiger partial charge in [-0.05, 0) is 55.9 Å². The zero-order chi connectivity index (χ0) is 19.4. The second-order valence-electron chi connectivity index (χ2n) is 6.41. The average molecular weight is 402 g/mol. The van der Waals surface area contributed by atoms with Gasteiger partial charge >= 0.3 is 0 Å². The van der Waals surface area contributed by atoms with Crippen molar-refractivity contribution in [2.45, 2.75) is 20.8 Å². The van der Waals surface area contributed by atoms with E-state index in [9.17, 15) is 4.79 Å². The number of likely N-dealkylation sites (N-methyl/N-ethyl adjacent to an activating group) is 1. The number of para-hydroxylation sites is 1. The fraction of sp³-hybridized carbons (Fsp3) is 0.333. The quantitative estimate of drug-likeness (QED) is 0.542. The molecule has 2 aromatic carbocycles. The van der Waals surface area contributed by atoms with Crippen LogP contribution in [0.5, 0.6) is 0 Å². The van der Waals surface area contributed by atoms with Crippen molar-refractivity contribution in [1.29, 1.82) is 0 Å². The Hall–Kier alpha value is -1.95. The van der Waals surface area contributed by atoms with Gasteiger partial charge < -0.3 is 4.90 Å². The molecule has 0 saturated heterocycles. The van der Waals surface area contributed by atoms with Crippen LogP contribution < -0.4 is 4.90 Å². The maximum Gasteiger partial charge on any atom is 0.260 e. The summed E-state index contributed by atoms with van der Waals surface area (Å²) in [5.41, 5.74) is 2.71. The van der Waals surface area contributed by atoms with Crippen LogP contribution in [0.15, 0.2) is 42.5 Å². The first-order valence-corrected chi connectivity index (χ1v) is 10.4. The average Bonchev–Trinajstić information content (AvgIpc) is 3.11. The number of rotatable bonds is 7. The van der Waals surface area contributed by atoms with Gasteiger partial charge in [0, 0.05) is 23.7 Å². The highest BCUT2D eigenvalue weighted by Crippen LogP contribution is 2.31. The van der Waals surface area contributed by atoms with Crippen molar-refractivity contribution in [3.63, 3.8) is 0 Å². The van der Waals surface area contributed by atoms with Crippen molar-refractivity contribution in [3.8, 4) is 0 Å². The molecule has 0 aliphatic carbocycles. The molecule has 27 heavy (non-hydrogen) atoms. The van der Waals surface area contributed by atoms with Crippen LogP contribution in [0.2, 0.25) is 5.02 Å². The Labute approximate surface area is 169 Å². The summed E-state index contributed by atoms with van der Waals surface area (Å²) in [6, 6.07) is 13.2. The van der Waals surface area contributed by atoms with E-state index in [0.29, 0.717) is 17.1 Å². The lowest BCUT2D eigenvalue weighted by molar-refractivity contribution is 0.0984. The van der Waals surface area contributed by atoms with Crippen molar-refractivity contribution in [1.82, 2.24) is 9.88 Å². The fourth-order valence-corrected chi connectivity index (χ4v) is 4.20. The minimum atomic E-state index is -0.0458. The van der Waals surface area contributed by atoms with Crippen LogP contribution in [0.1, 0.15) is 29.8 Å². The summed E-state index contributed by atoms with van der Waals surface area (Å²) in [4.78, 5) is 22.1. The lowest BCUT2D eigenvalue weighted by Crippen LogP contribution is -2.38. The first kappa shape index (κ1) is 19.8. The third-order valence-corrected chi connectivity index (χ3v) is 6.01. The van der Waals surface area contributed by atoms with Crippen LogP contribution in [-0.2, 0) is 0 Å². The smallest absolute Gasteiger partial charge is 0.260 e. The number of amides is 1. The van der Waals surface area contributed by atoms with Crippen molar-refractivity contribution < 1.29 is 4.79 Å². The van der Waals surface area contributed by atoms with E-state index in [4.69, 9.17) is 16.6 Å². The minimum Gasteiger partial charge on any atom is -0.302 e. The monoisotopic (exact) mass is 401 g/mol. The van der Waals surface area contributed by atoms with E-state index in [2.05, 4.69) is 24.8 Å². The summed E-state index contributed by atoms with van der Waals surface area (Å²) in [5, 5.41) is 1.36. The number of benzene rings is 2. The topological polar surface area (TPSA) is 36.4 Å². The number of carbonyl (C=O) groups excluding carboxylic acids is 1. The number of fused-ring (bicyclic) bond motifs is 1. The molecule has 0 unspecified atom stereocenters. The predicted molar refractivity (Wildman–Crippen MR) is 115 cm³/mol. The van der Waals surface area contributed by atoms with Crippen LogP contribution in [0, 0.1) is 6.92 Å². The molecule has 142 valence electrons. The van der Waals surface area contributed by atoms with E-state index >= 15 is 0 Å². The highest BCUT2D eigenvalue weighted by atomic mass is 35.5. The summed E-state index contributed by atoms with van der Waals surface area (Å²) in [7, 11) is 0. The molecular formula is C21H24ClN3OS. The Balaban J connectivity index is 1.96. The van der Waals surface area contributed by atoms with Gasteiger partial charge in [-0.25, -0.2) is 4.98 Å². The molecule has 0 N–H and O–H groups in total. The molecule has 0 aliphatic heterocycles. The van der Waals surface area contributed by atoms with Crippen molar-refractivity contribution in [3.05, 3.63) is 58.6 Å². The molecule has 1 heterocycles. The SMILES string of the molecule is CCN(CC)CCN(C(=O)c1ccc(Cl)cc1)c1nc2c(C)cccc2s1. The Kier molecular flexibility index (Phi) is 6.47. The van der Waals surface area contributed by atoms with E-state index < -0.39 is 0 Å². The van der Waals surface area contributed by atoms with Gasteiger partial charge in [0.15, 0.2) is 5.13 Å². The molecular weight excluding hydrogens is 378 g/mol. The number of nitrogens with zero attached hydrogens (tertiary/aromatic N) is 3. The van der Waals surface area contributed by atoms with Crippen molar-refractivity contribution in [2.75, 3.05) is 31.1 Å². The highest BCUT2D eigenvalue weighted by Gasteiger charge is 2.22. The molecule has 3 aromatic rings. The molecule has 0 atom stereocenters. The van der Waals surface area contributed by atoms with Gasteiger partial charge in [0.2, 0.25) is 0 Å². The van der Waals surface area contributed by atoms with Gasteiger partial charge in [-0.3, -0.25) is 9.69 Å². The second kappa shape index (κ2) is 8.83. The number of aryl methyl sites for hydroxylation is 1. The lowest BCUT2D eigenvalue weighted by atomic mass is 10.2. The van der Waals surface area contributed by atoms with Crippen LogP contribution in [0.4, 0.5) is 5.13 Å². The summed E-state index contributed by atoms with van der Waals surface area (Å²) in [6.07, 6.45) is 0. The summed E-state index contributed by atoms with van der Waals surface area (Å²) < 4.78 is 1.10. The highest BCUT2D eigenvalue weighted by molar-refractivity contribution is 7.22. The third kappa shape index (κ3) is 4.49. The zero-order valence-electron chi connectivity index (χ0n) is 15.9. The van der Waals surface area contributed by atoms with Gasteiger partial charge in [0.05, 0.1) is 10.2 Å². The summed E-state index contributed by atoms with van der Waals surface area (Å²) in [5.74, 6) is -0.0458. The van der Waals surface area contributed by atoms with E-state index in [1.807, 2.05) is 19.1 Å². The van der Waals surface area contributed by atoms with E-state index in [0.717, 1.165) is 40.5 Å². The molecule has 6 heteroatoms. The van der Waals surface area contributed by atoms with E-state index in [1.165, 1.54) is 0 Å². The van der Waals surface area contributed by atoms with Crippen LogP contribution >= 0.6 is 22.9 Å². The molecule has 1 amide bonds. The molecule has 0 aliphatic rings. The maximum atomic E-state index is 13.2. The van der Waals surface area contributed by atoms with Gasteiger partial charge in [-0.2, -0.15) is 0 Å². The van der Waals surface area contributed by atoms with Gasteiger partial charge in [-0.15, -0.1) is 0 Å². The van der Waals surface area contributed by atoms with Crippen molar-refractivity contribution >= 4 is 44.2 Å². The Morgan fingerprint density at radius 1 is 1.07 bits per heavy atom. The van der Waals surface area contributed by atoms with E-state index in [-0.39, 0.29) is 5.91 Å². The van der Waals surface area contributed by atoms with Crippen molar-refractivity contribution in [2.24, 2.45) is 0 Å². The fourth-order valence-electron chi connectivity index (χ4n) is 3.00. The molecule has 0 saturated carbocycles. The van der Waals surface area contributed by atoms with Crippen LogP contribution in [0.25, 0.3) is 10.2 Å². The lowest BCUT2D eigenvalue weighted by Gasteiger charge is -2.24. The summed E-state index contributed by atoms with van der Waals surface area (Å²) >= 11 is 7.54. The first-order valence-electron chi connectivity index (χ1n) is 9.19. The molecule has 3 rings (SSSR count). The Morgan fingerprint density at radius 3 is 2.41 bits per heavy atom. The minimum absolute atomic E-state index is 0.0458. The number of hydrogen-bond acceptors (Lipinski definition) is 4. The Bertz CT molecular complexity index is 919. The number of aromatic nitrogens is 1. The number of thiazole rings is 1. The van der Waals surface area contributed by atoms with Crippen LogP contribution in [0.3, 0.4) is 0 Å². The summed E-state index contributed by atoms with van der Waals surface area (Å²) in [6.45, 7) is 9.64. The normalized spacial score (nSPS) is 11.3. The maximum absolute atomic E-state index is 13.2. The van der Waals surface area contributed by atoms with Gasteiger partial charge in [0.25, 0.3) is 5.91 Å². The molecule has 0 spiro atoms. The van der Waals surface area contributed by atoms with E-state index in [1.54, 1.807) is 40.5 Å². The molecule has 0 fully saturated rings.